The minimum Gasteiger partial charge on any atom is -0.352 e. The van der Waals surface area contributed by atoms with Crippen LogP contribution in [0.3, 0.4) is 0 Å². The molecule has 0 spiro atoms. The fourth-order valence-corrected chi connectivity index (χ4v) is 4.72. The van der Waals surface area contributed by atoms with Gasteiger partial charge in [-0.15, -0.1) is 0 Å². The van der Waals surface area contributed by atoms with Crippen molar-refractivity contribution < 1.29 is 9.59 Å². The second-order valence-electron chi connectivity index (χ2n) is 7.41. The van der Waals surface area contributed by atoms with Crippen LogP contribution in [-0.4, -0.2) is 18.4 Å². The van der Waals surface area contributed by atoms with Gasteiger partial charge in [-0.3, -0.25) is 9.59 Å². The SMILES string of the molecule is O=C1Nc2cc(C(=O)NCCC3=CCCCC3)ccc2SC1=Cc1ccccc1Cl. The lowest BCUT2D eigenvalue weighted by atomic mass is 9.97. The van der Waals surface area contributed by atoms with Gasteiger partial charge in [0.05, 0.1) is 10.6 Å². The van der Waals surface area contributed by atoms with Crippen LogP contribution in [0, 0.1) is 0 Å². The zero-order chi connectivity index (χ0) is 20.9. The third-order valence-corrected chi connectivity index (χ3v) is 6.69. The Labute approximate surface area is 185 Å². The number of hydrogen-bond acceptors (Lipinski definition) is 3. The van der Waals surface area contributed by atoms with Gasteiger partial charge in [-0.05, 0) is 68.0 Å². The summed E-state index contributed by atoms with van der Waals surface area (Å²) in [5, 5.41) is 6.48. The Bertz CT molecular complexity index is 1050. The van der Waals surface area contributed by atoms with E-state index in [1.165, 1.54) is 30.2 Å². The van der Waals surface area contributed by atoms with E-state index in [0.29, 0.717) is 27.7 Å². The average molecular weight is 439 g/mol. The fraction of sp³-hybridized carbons (Fsp3) is 0.250. The van der Waals surface area contributed by atoms with Crippen LogP contribution in [0.2, 0.25) is 5.02 Å². The van der Waals surface area contributed by atoms with Crippen molar-refractivity contribution in [3.8, 4) is 0 Å². The van der Waals surface area contributed by atoms with Crippen LogP contribution < -0.4 is 10.6 Å². The summed E-state index contributed by atoms with van der Waals surface area (Å²) in [5.74, 6) is -0.319. The normalized spacial score (nSPS) is 17.2. The molecule has 0 unspecified atom stereocenters. The van der Waals surface area contributed by atoms with E-state index in [1.54, 1.807) is 24.3 Å². The molecule has 2 aliphatic rings. The minimum absolute atomic E-state index is 0.120. The maximum atomic E-state index is 12.6. The molecule has 4 rings (SSSR count). The van der Waals surface area contributed by atoms with Gasteiger partial charge in [0.1, 0.15) is 0 Å². The first-order chi connectivity index (χ1) is 14.6. The van der Waals surface area contributed by atoms with Crippen LogP contribution in [0.4, 0.5) is 5.69 Å². The number of benzene rings is 2. The lowest BCUT2D eigenvalue weighted by Crippen LogP contribution is -2.25. The van der Waals surface area contributed by atoms with Crippen LogP contribution in [0.1, 0.15) is 48.0 Å². The Kier molecular flexibility index (Phi) is 6.60. The Morgan fingerprint density at radius 2 is 2.07 bits per heavy atom. The summed E-state index contributed by atoms with van der Waals surface area (Å²) in [7, 11) is 0. The third kappa shape index (κ3) is 4.97. The van der Waals surface area contributed by atoms with Crippen molar-refractivity contribution in [1.82, 2.24) is 5.32 Å². The Hall–Kier alpha value is -2.50. The highest BCUT2D eigenvalue weighted by atomic mass is 35.5. The third-order valence-electron chi connectivity index (χ3n) is 5.24. The number of anilines is 1. The van der Waals surface area contributed by atoms with Crippen molar-refractivity contribution in [1.29, 1.82) is 0 Å². The molecular weight excluding hydrogens is 416 g/mol. The number of nitrogens with one attached hydrogen (secondary N) is 2. The highest BCUT2D eigenvalue weighted by Gasteiger charge is 2.22. The first-order valence-corrected chi connectivity index (χ1v) is 11.4. The summed E-state index contributed by atoms with van der Waals surface area (Å²) in [5.41, 5.74) is 3.44. The standard InChI is InChI=1S/C24H23ClN2O2S/c25-19-9-5-4-8-17(19)15-22-24(29)27-20-14-18(10-11-21(20)30-22)23(28)26-13-12-16-6-2-1-3-7-16/h4-6,8-11,14-15H,1-3,7,12-13H2,(H,26,28)(H,27,29). The predicted octanol–water partition coefficient (Wildman–Crippen LogP) is 6.05. The van der Waals surface area contributed by atoms with Crippen LogP contribution in [-0.2, 0) is 4.79 Å². The summed E-state index contributed by atoms with van der Waals surface area (Å²) in [6.45, 7) is 0.633. The number of carbonyl (C=O) groups excluding carboxylic acids is 2. The molecule has 0 fully saturated rings. The number of allylic oxidation sites excluding steroid dienone is 1. The molecule has 1 aliphatic heterocycles. The molecule has 0 saturated heterocycles. The van der Waals surface area contributed by atoms with Crippen molar-refractivity contribution in [2.75, 3.05) is 11.9 Å². The van der Waals surface area contributed by atoms with Gasteiger partial charge in [0.25, 0.3) is 11.8 Å². The van der Waals surface area contributed by atoms with E-state index in [0.717, 1.165) is 29.7 Å². The van der Waals surface area contributed by atoms with Crippen molar-refractivity contribution in [3.05, 3.63) is 75.2 Å². The van der Waals surface area contributed by atoms with Gasteiger partial charge in [-0.2, -0.15) is 0 Å². The van der Waals surface area contributed by atoms with Crippen molar-refractivity contribution in [3.63, 3.8) is 0 Å². The number of amides is 2. The number of carbonyl (C=O) groups is 2. The van der Waals surface area contributed by atoms with Crippen molar-refractivity contribution >= 4 is 46.9 Å². The molecule has 0 bridgehead atoms. The van der Waals surface area contributed by atoms with Crippen LogP contribution in [0.15, 0.2) is 63.9 Å². The maximum absolute atomic E-state index is 12.6. The van der Waals surface area contributed by atoms with Gasteiger partial charge in [-0.25, -0.2) is 0 Å². The summed E-state index contributed by atoms with van der Waals surface area (Å²) in [6.07, 6.45) is 9.79. The van der Waals surface area contributed by atoms with Crippen LogP contribution in [0.25, 0.3) is 6.08 Å². The zero-order valence-corrected chi connectivity index (χ0v) is 18.1. The van der Waals surface area contributed by atoms with Gasteiger partial charge in [0.15, 0.2) is 0 Å². The lowest BCUT2D eigenvalue weighted by molar-refractivity contribution is -0.112. The Morgan fingerprint density at radius 3 is 2.87 bits per heavy atom. The number of hydrogen-bond donors (Lipinski definition) is 2. The first-order valence-electron chi connectivity index (χ1n) is 10.2. The Morgan fingerprint density at radius 1 is 1.20 bits per heavy atom. The largest absolute Gasteiger partial charge is 0.352 e. The molecule has 1 heterocycles. The molecule has 4 nitrogen and oxygen atoms in total. The smallest absolute Gasteiger partial charge is 0.262 e. The topological polar surface area (TPSA) is 58.2 Å². The van der Waals surface area contributed by atoms with Gasteiger partial charge >= 0.3 is 0 Å². The zero-order valence-electron chi connectivity index (χ0n) is 16.5. The molecule has 2 aromatic rings. The lowest BCUT2D eigenvalue weighted by Gasteiger charge is -2.19. The minimum atomic E-state index is -0.200. The van der Waals surface area contributed by atoms with Gasteiger partial charge < -0.3 is 10.6 Å². The quantitative estimate of drug-likeness (QED) is 0.441. The molecule has 0 atom stereocenters. The summed E-state index contributed by atoms with van der Waals surface area (Å²) >= 11 is 7.58. The fourth-order valence-electron chi connectivity index (χ4n) is 3.61. The van der Waals surface area contributed by atoms with E-state index < -0.39 is 0 Å². The molecule has 1 aliphatic carbocycles. The summed E-state index contributed by atoms with van der Waals surface area (Å²) in [4.78, 5) is 26.5. The highest BCUT2D eigenvalue weighted by molar-refractivity contribution is 8.04. The first kappa shape index (κ1) is 20.8. The van der Waals surface area contributed by atoms with Gasteiger partial charge in [-0.1, -0.05) is 53.2 Å². The van der Waals surface area contributed by atoms with E-state index in [9.17, 15) is 9.59 Å². The Balaban J connectivity index is 1.42. The average Bonchev–Trinajstić information content (AvgIpc) is 2.76. The predicted molar refractivity (Wildman–Crippen MR) is 124 cm³/mol. The van der Waals surface area contributed by atoms with Crippen molar-refractivity contribution in [2.45, 2.75) is 37.0 Å². The van der Waals surface area contributed by atoms with E-state index in [-0.39, 0.29) is 11.8 Å². The number of halogens is 1. The van der Waals surface area contributed by atoms with Gasteiger partial charge in [0, 0.05) is 22.0 Å². The summed E-state index contributed by atoms with van der Waals surface area (Å²) < 4.78 is 0. The molecule has 30 heavy (non-hydrogen) atoms. The highest BCUT2D eigenvalue weighted by Crippen LogP contribution is 2.39. The molecule has 0 saturated carbocycles. The molecule has 0 radical (unpaired) electrons. The van der Waals surface area contributed by atoms with E-state index >= 15 is 0 Å². The van der Waals surface area contributed by atoms with Crippen LogP contribution >= 0.6 is 23.4 Å². The number of fused-ring (bicyclic) bond motifs is 1. The molecule has 2 aromatic carbocycles. The van der Waals surface area contributed by atoms with E-state index in [1.807, 2.05) is 24.3 Å². The molecule has 154 valence electrons. The molecule has 0 aromatic heterocycles. The summed E-state index contributed by atoms with van der Waals surface area (Å²) in [6, 6.07) is 12.8. The number of thioether (sulfide) groups is 1. The molecule has 2 N–H and O–H groups in total. The molecular formula is C24H23ClN2O2S. The molecule has 6 heteroatoms. The number of rotatable bonds is 5. The molecule has 2 amide bonds. The van der Waals surface area contributed by atoms with Gasteiger partial charge in [0.2, 0.25) is 0 Å². The van der Waals surface area contributed by atoms with E-state index in [2.05, 4.69) is 16.7 Å². The maximum Gasteiger partial charge on any atom is 0.262 e. The van der Waals surface area contributed by atoms with E-state index in [4.69, 9.17) is 11.6 Å². The van der Waals surface area contributed by atoms with Crippen molar-refractivity contribution in [2.24, 2.45) is 0 Å². The second kappa shape index (κ2) is 9.54. The monoisotopic (exact) mass is 438 g/mol. The second-order valence-corrected chi connectivity index (χ2v) is 8.90. The van der Waals surface area contributed by atoms with Crippen LogP contribution in [0.5, 0.6) is 0 Å².